The Morgan fingerprint density at radius 2 is 2.00 bits per heavy atom. The van der Waals surface area contributed by atoms with E-state index in [4.69, 9.17) is 23.2 Å². The summed E-state index contributed by atoms with van der Waals surface area (Å²) < 4.78 is 0. The molecular weight excluding hydrogens is 315 g/mol. The predicted molar refractivity (Wildman–Crippen MR) is 85.5 cm³/mol. The van der Waals surface area contributed by atoms with Crippen molar-refractivity contribution in [1.29, 1.82) is 0 Å². The van der Waals surface area contributed by atoms with Gasteiger partial charge in [0, 0.05) is 38.3 Å². The SMILES string of the molecule is CN1CCN(C)C(CNc2cc(Cl)c(Cl)cc2[N+](=O)[O-])C1. The van der Waals surface area contributed by atoms with Crippen LogP contribution in [0.4, 0.5) is 11.4 Å². The van der Waals surface area contributed by atoms with Crippen LogP contribution in [-0.4, -0.2) is 61.0 Å². The van der Waals surface area contributed by atoms with Crippen LogP contribution in [0.25, 0.3) is 0 Å². The Balaban J connectivity index is 2.12. The van der Waals surface area contributed by atoms with Gasteiger partial charge in [-0.2, -0.15) is 0 Å². The number of piperazine rings is 1. The standard InChI is InChI=1S/C13H18Cl2N4O2/c1-17-3-4-18(2)9(8-17)7-16-12-5-10(14)11(15)6-13(12)19(20)21/h5-6,9,16H,3-4,7-8H2,1-2H3. The van der Waals surface area contributed by atoms with Crippen molar-refractivity contribution in [3.8, 4) is 0 Å². The molecule has 21 heavy (non-hydrogen) atoms. The normalized spacial score (nSPS) is 20.5. The van der Waals surface area contributed by atoms with Crippen LogP contribution in [0.3, 0.4) is 0 Å². The summed E-state index contributed by atoms with van der Waals surface area (Å²) in [6.07, 6.45) is 0. The van der Waals surface area contributed by atoms with Gasteiger partial charge in [0.15, 0.2) is 0 Å². The second-order valence-corrected chi connectivity index (χ2v) is 6.13. The molecule has 1 aliphatic rings. The number of nitro benzene ring substituents is 1. The molecule has 1 N–H and O–H groups in total. The molecule has 0 aromatic heterocycles. The number of anilines is 1. The van der Waals surface area contributed by atoms with E-state index in [1.54, 1.807) is 0 Å². The molecule has 1 atom stereocenters. The summed E-state index contributed by atoms with van der Waals surface area (Å²) in [5, 5.41) is 14.7. The Morgan fingerprint density at radius 1 is 1.33 bits per heavy atom. The number of halogens is 2. The Morgan fingerprint density at radius 3 is 2.67 bits per heavy atom. The van der Waals surface area contributed by atoms with Crippen molar-refractivity contribution in [2.75, 3.05) is 45.6 Å². The first-order valence-corrected chi connectivity index (χ1v) is 7.40. The van der Waals surface area contributed by atoms with Gasteiger partial charge < -0.3 is 10.2 Å². The molecule has 1 aromatic rings. The maximum absolute atomic E-state index is 11.1. The molecule has 0 spiro atoms. The van der Waals surface area contributed by atoms with Gasteiger partial charge in [-0.1, -0.05) is 23.2 Å². The van der Waals surface area contributed by atoms with Crippen LogP contribution in [0.2, 0.25) is 10.0 Å². The molecule has 0 saturated carbocycles. The second kappa shape index (κ2) is 6.79. The maximum Gasteiger partial charge on any atom is 0.293 e. The molecule has 0 amide bonds. The fourth-order valence-corrected chi connectivity index (χ4v) is 2.70. The molecule has 1 heterocycles. The minimum Gasteiger partial charge on any atom is -0.378 e. The largest absolute Gasteiger partial charge is 0.378 e. The van der Waals surface area contributed by atoms with Gasteiger partial charge in [0.25, 0.3) is 5.69 Å². The van der Waals surface area contributed by atoms with Gasteiger partial charge in [-0.05, 0) is 20.2 Å². The minimum atomic E-state index is -0.457. The number of benzene rings is 1. The van der Waals surface area contributed by atoms with Gasteiger partial charge in [-0.3, -0.25) is 15.0 Å². The van der Waals surface area contributed by atoms with Crippen molar-refractivity contribution in [1.82, 2.24) is 9.80 Å². The molecule has 0 aliphatic carbocycles. The van der Waals surface area contributed by atoms with E-state index in [-0.39, 0.29) is 16.8 Å². The average molecular weight is 333 g/mol. The van der Waals surface area contributed by atoms with E-state index in [1.165, 1.54) is 12.1 Å². The molecule has 1 aliphatic heterocycles. The highest BCUT2D eigenvalue weighted by Crippen LogP contribution is 2.34. The number of nitrogens with zero attached hydrogens (tertiary/aromatic N) is 3. The van der Waals surface area contributed by atoms with E-state index in [1.807, 2.05) is 0 Å². The summed E-state index contributed by atoms with van der Waals surface area (Å²) in [5.74, 6) is 0. The van der Waals surface area contributed by atoms with Crippen LogP contribution in [0.15, 0.2) is 12.1 Å². The molecule has 0 bridgehead atoms. The monoisotopic (exact) mass is 332 g/mol. The van der Waals surface area contributed by atoms with Crippen LogP contribution in [0.1, 0.15) is 0 Å². The zero-order valence-electron chi connectivity index (χ0n) is 12.0. The Bertz CT molecular complexity index is 541. The first-order chi connectivity index (χ1) is 9.88. The Kier molecular flexibility index (Phi) is 5.27. The summed E-state index contributed by atoms with van der Waals surface area (Å²) >= 11 is 11.8. The number of hydrogen-bond acceptors (Lipinski definition) is 5. The number of nitro groups is 1. The number of likely N-dealkylation sites (N-methyl/N-ethyl adjacent to an activating group) is 2. The summed E-state index contributed by atoms with van der Waals surface area (Å²) in [7, 11) is 4.13. The fraction of sp³-hybridized carbons (Fsp3) is 0.538. The third kappa shape index (κ3) is 3.97. The topological polar surface area (TPSA) is 61.6 Å². The summed E-state index contributed by atoms with van der Waals surface area (Å²) in [5.41, 5.74) is 0.340. The van der Waals surface area contributed by atoms with Gasteiger partial charge >= 0.3 is 0 Å². The van der Waals surface area contributed by atoms with Crippen LogP contribution in [0.5, 0.6) is 0 Å². The van der Waals surface area contributed by atoms with Crippen LogP contribution < -0.4 is 5.32 Å². The van der Waals surface area contributed by atoms with Crippen LogP contribution >= 0.6 is 23.2 Å². The second-order valence-electron chi connectivity index (χ2n) is 5.32. The van der Waals surface area contributed by atoms with Crippen molar-refractivity contribution in [2.45, 2.75) is 6.04 Å². The minimum absolute atomic E-state index is 0.0591. The van der Waals surface area contributed by atoms with Crippen molar-refractivity contribution in [2.24, 2.45) is 0 Å². The van der Waals surface area contributed by atoms with Gasteiger partial charge in [-0.15, -0.1) is 0 Å². The molecule has 116 valence electrons. The van der Waals surface area contributed by atoms with Gasteiger partial charge in [0.2, 0.25) is 0 Å². The van der Waals surface area contributed by atoms with Gasteiger partial charge in [0.05, 0.1) is 15.0 Å². The third-order valence-corrected chi connectivity index (χ3v) is 4.47. The molecule has 0 radical (unpaired) electrons. The first-order valence-electron chi connectivity index (χ1n) is 6.64. The number of hydrogen-bond donors (Lipinski definition) is 1. The van der Waals surface area contributed by atoms with E-state index in [9.17, 15) is 10.1 Å². The molecular formula is C13H18Cl2N4O2. The summed E-state index contributed by atoms with van der Waals surface area (Å²) in [6.45, 7) is 3.53. The van der Waals surface area contributed by atoms with Crippen molar-refractivity contribution in [3.05, 3.63) is 32.3 Å². The van der Waals surface area contributed by atoms with E-state index < -0.39 is 4.92 Å². The van der Waals surface area contributed by atoms with E-state index in [0.29, 0.717) is 17.3 Å². The maximum atomic E-state index is 11.1. The molecule has 1 saturated heterocycles. The van der Waals surface area contributed by atoms with Gasteiger partial charge in [-0.25, -0.2) is 0 Å². The lowest BCUT2D eigenvalue weighted by Gasteiger charge is -2.37. The zero-order valence-corrected chi connectivity index (χ0v) is 13.5. The lowest BCUT2D eigenvalue weighted by atomic mass is 10.1. The molecule has 1 aromatic carbocycles. The third-order valence-electron chi connectivity index (χ3n) is 3.74. The first kappa shape index (κ1) is 16.3. The molecule has 2 rings (SSSR count). The molecule has 1 unspecified atom stereocenters. The highest BCUT2D eigenvalue weighted by Gasteiger charge is 2.23. The average Bonchev–Trinajstić information content (AvgIpc) is 2.42. The molecule has 1 fully saturated rings. The number of rotatable bonds is 4. The zero-order chi connectivity index (χ0) is 15.6. The highest BCUT2D eigenvalue weighted by molar-refractivity contribution is 6.42. The van der Waals surface area contributed by atoms with Crippen LogP contribution in [0, 0.1) is 10.1 Å². The van der Waals surface area contributed by atoms with E-state index >= 15 is 0 Å². The summed E-state index contributed by atoms with van der Waals surface area (Å²) in [6, 6.07) is 3.08. The quantitative estimate of drug-likeness (QED) is 0.678. The Labute approximate surface area is 133 Å². The van der Waals surface area contributed by atoms with Crippen LogP contribution in [-0.2, 0) is 0 Å². The fourth-order valence-electron chi connectivity index (χ4n) is 2.38. The number of nitrogens with one attached hydrogen (secondary N) is 1. The summed E-state index contributed by atoms with van der Waals surface area (Å²) in [4.78, 5) is 15.1. The lowest BCUT2D eigenvalue weighted by Crippen LogP contribution is -2.52. The predicted octanol–water partition coefficient (Wildman–Crippen LogP) is 2.56. The molecule has 8 heteroatoms. The Hall–Kier alpha value is -1.08. The van der Waals surface area contributed by atoms with Crippen molar-refractivity contribution in [3.63, 3.8) is 0 Å². The van der Waals surface area contributed by atoms with E-state index in [0.717, 1.165) is 19.6 Å². The van der Waals surface area contributed by atoms with Gasteiger partial charge in [0.1, 0.15) is 5.69 Å². The smallest absolute Gasteiger partial charge is 0.293 e. The highest BCUT2D eigenvalue weighted by atomic mass is 35.5. The van der Waals surface area contributed by atoms with Crippen molar-refractivity contribution < 1.29 is 4.92 Å². The lowest BCUT2D eigenvalue weighted by molar-refractivity contribution is -0.383. The molecule has 6 nitrogen and oxygen atoms in total. The van der Waals surface area contributed by atoms with E-state index in [2.05, 4.69) is 29.2 Å². The van der Waals surface area contributed by atoms with Crippen molar-refractivity contribution >= 4 is 34.6 Å².